The summed E-state index contributed by atoms with van der Waals surface area (Å²) >= 11 is 1.38. The number of amides is 1. The average molecular weight is 255 g/mol. The van der Waals surface area contributed by atoms with Crippen LogP contribution in [-0.2, 0) is 11.2 Å². The Morgan fingerprint density at radius 2 is 2.12 bits per heavy atom. The molecule has 0 aromatic carbocycles. The molecule has 1 aromatic heterocycles. The highest BCUT2D eigenvalue weighted by atomic mass is 32.1. The van der Waals surface area contributed by atoms with Gasteiger partial charge in [0.1, 0.15) is 6.54 Å². The molecule has 0 saturated heterocycles. The first kappa shape index (κ1) is 13.7. The SMILES string of the molecule is CCCN(CC(=O)O)C(=O)c1sccc1CC. The lowest BCUT2D eigenvalue weighted by atomic mass is 10.2. The third kappa shape index (κ3) is 3.56. The van der Waals surface area contributed by atoms with Crippen molar-refractivity contribution >= 4 is 23.2 Å². The van der Waals surface area contributed by atoms with E-state index in [9.17, 15) is 9.59 Å². The first-order valence-corrected chi connectivity index (χ1v) is 6.55. The predicted octanol–water partition coefficient (Wildman–Crippen LogP) is 2.25. The lowest BCUT2D eigenvalue weighted by Gasteiger charge is -2.19. The number of aliphatic carboxylic acids is 1. The molecule has 0 aliphatic heterocycles. The fourth-order valence-corrected chi connectivity index (χ4v) is 2.59. The van der Waals surface area contributed by atoms with E-state index in [1.807, 2.05) is 25.3 Å². The fourth-order valence-electron chi connectivity index (χ4n) is 1.63. The van der Waals surface area contributed by atoms with E-state index < -0.39 is 5.97 Å². The van der Waals surface area contributed by atoms with Gasteiger partial charge < -0.3 is 10.0 Å². The molecule has 1 rings (SSSR count). The Bertz CT molecular complexity index is 400. The Hall–Kier alpha value is -1.36. The van der Waals surface area contributed by atoms with E-state index in [4.69, 9.17) is 5.11 Å². The van der Waals surface area contributed by atoms with Gasteiger partial charge in [0, 0.05) is 6.54 Å². The van der Waals surface area contributed by atoms with Crippen LogP contribution in [0, 0.1) is 0 Å². The van der Waals surface area contributed by atoms with E-state index in [0.717, 1.165) is 18.4 Å². The van der Waals surface area contributed by atoms with Gasteiger partial charge in [-0.2, -0.15) is 0 Å². The van der Waals surface area contributed by atoms with Crippen molar-refractivity contribution in [3.05, 3.63) is 21.9 Å². The van der Waals surface area contributed by atoms with Crippen molar-refractivity contribution in [2.45, 2.75) is 26.7 Å². The van der Waals surface area contributed by atoms with E-state index in [1.165, 1.54) is 16.2 Å². The molecule has 0 spiro atoms. The number of hydrogen-bond acceptors (Lipinski definition) is 3. The third-order valence-electron chi connectivity index (χ3n) is 2.43. The number of carbonyl (C=O) groups is 2. The van der Waals surface area contributed by atoms with Crippen LogP contribution >= 0.6 is 11.3 Å². The quantitative estimate of drug-likeness (QED) is 0.848. The molecule has 0 unspecified atom stereocenters. The van der Waals surface area contributed by atoms with E-state index in [2.05, 4.69) is 0 Å². The zero-order chi connectivity index (χ0) is 12.8. The zero-order valence-electron chi connectivity index (χ0n) is 10.1. The summed E-state index contributed by atoms with van der Waals surface area (Å²) in [6, 6.07) is 1.92. The van der Waals surface area contributed by atoms with Crippen LogP contribution in [0.2, 0.25) is 0 Å². The van der Waals surface area contributed by atoms with Gasteiger partial charge in [0.25, 0.3) is 5.91 Å². The summed E-state index contributed by atoms with van der Waals surface area (Å²) in [5.41, 5.74) is 0.992. The second-order valence-corrected chi connectivity index (χ2v) is 4.67. The summed E-state index contributed by atoms with van der Waals surface area (Å²) in [7, 11) is 0. The molecule has 17 heavy (non-hydrogen) atoms. The van der Waals surface area contributed by atoms with Crippen LogP contribution in [-0.4, -0.2) is 35.0 Å². The monoisotopic (exact) mass is 255 g/mol. The fraction of sp³-hybridized carbons (Fsp3) is 0.500. The van der Waals surface area contributed by atoms with Gasteiger partial charge in [-0.1, -0.05) is 13.8 Å². The Kier molecular flexibility index (Phi) is 5.15. The lowest BCUT2D eigenvalue weighted by Crippen LogP contribution is -2.36. The van der Waals surface area contributed by atoms with Crippen LogP contribution < -0.4 is 0 Å². The highest BCUT2D eigenvalue weighted by molar-refractivity contribution is 7.12. The maximum atomic E-state index is 12.2. The first-order valence-electron chi connectivity index (χ1n) is 5.67. The third-order valence-corrected chi connectivity index (χ3v) is 3.37. The van der Waals surface area contributed by atoms with E-state index in [-0.39, 0.29) is 12.5 Å². The molecule has 0 aliphatic carbocycles. The molecule has 1 amide bonds. The molecule has 1 heterocycles. The van der Waals surface area contributed by atoms with Crippen molar-refractivity contribution in [1.82, 2.24) is 4.90 Å². The molecule has 0 fully saturated rings. The zero-order valence-corrected chi connectivity index (χ0v) is 10.9. The molecule has 94 valence electrons. The maximum Gasteiger partial charge on any atom is 0.323 e. The summed E-state index contributed by atoms with van der Waals surface area (Å²) < 4.78 is 0. The Labute approximate surface area is 105 Å². The van der Waals surface area contributed by atoms with Gasteiger partial charge in [-0.3, -0.25) is 9.59 Å². The van der Waals surface area contributed by atoms with Gasteiger partial charge >= 0.3 is 5.97 Å². The van der Waals surface area contributed by atoms with Crippen LogP contribution in [0.3, 0.4) is 0 Å². The van der Waals surface area contributed by atoms with Crippen molar-refractivity contribution in [2.24, 2.45) is 0 Å². The Morgan fingerprint density at radius 3 is 2.65 bits per heavy atom. The van der Waals surface area contributed by atoms with Crippen molar-refractivity contribution in [3.8, 4) is 0 Å². The minimum atomic E-state index is -0.971. The van der Waals surface area contributed by atoms with E-state index in [1.54, 1.807) is 0 Å². The van der Waals surface area contributed by atoms with Crippen molar-refractivity contribution < 1.29 is 14.7 Å². The Morgan fingerprint density at radius 1 is 1.41 bits per heavy atom. The van der Waals surface area contributed by atoms with Crippen LogP contribution in [0.4, 0.5) is 0 Å². The number of carboxylic acid groups (broad SMARTS) is 1. The highest BCUT2D eigenvalue weighted by Crippen LogP contribution is 2.19. The number of aryl methyl sites for hydroxylation is 1. The molecule has 4 nitrogen and oxygen atoms in total. The number of thiophene rings is 1. The van der Waals surface area contributed by atoms with Crippen molar-refractivity contribution in [2.75, 3.05) is 13.1 Å². The second kappa shape index (κ2) is 6.39. The topological polar surface area (TPSA) is 57.6 Å². The van der Waals surface area contributed by atoms with Crippen LogP contribution in [0.1, 0.15) is 35.5 Å². The molecular weight excluding hydrogens is 238 g/mol. The molecule has 0 bridgehead atoms. The Balaban J connectivity index is 2.87. The summed E-state index contributed by atoms with van der Waals surface area (Å²) in [6.07, 6.45) is 1.55. The summed E-state index contributed by atoms with van der Waals surface area (Å²) in [6.45, 7) is 4.16. The summed E-state index contributed by atoms with van der Waals surface area (Å²) in [5.74, 6) is -1.14. The lowest BCUT2D eigenvalue weighted by molar-refractivity contribution is -0.137. The standard InChI is InChI=1S/C12H17NO3S/c1-3-6-13(8-10(14)15)12(16)11-9(4-2)5-7-17-11/h5,7H,3-4,6,8H2,1-2H3,(H,14,15). The van der Waals surface area contributed by atoms with Gasteiger partial charge in [-0.15, -0.1) is 11.3 Å². The van der Waals surface area contributed by atoms with Gasteiger partial charge in [-0.25, -0.2) is 0 Å². The molecule has 0 aliphatic rings. The summed E-state index contributed by atoms with van der Waals surface area (Å²) in [5, 5.41) is 10.7. The molecule has 0 saturated carbocycles. The number of carboxylic acids is 1. The van der Waals surface area contributed by atoms with E-state index >= 15 is 0 Å². The maximum absolute atomic E-state index is 12.2. The largest absolute Gasteiger partial charge is 0.480 e. The van der Waals surface area contributed by atoms with Gasteiger partial charge in [-0.05, 0) is 29.9 Å². The molecule has 5 heteroatoms. The second-order valence-electron chi connectivity index (χ2n) is 3.75. The van der Waals surface area contributed by atoms with Crippen LogP contribution in [0.5, 0.6) is 0 Å². The normalized spacial score (nSPS) is 10.2. The highest BCUT2D eigenvalue weighted by Gasteiger charge is 2.20. The predicted molar refractivity (Wildman–Crippen MR) is 67.5 cm³/mol. The molecule has 1 aromatic rings. The van der Waals surface area contributed by atoms with E-state index in [0.29, 0.717) is 11.4 Å². The number of nitrogens with zero attached hydrogens (tertiary/aromatic N) is 1. The molecule has 1 N–H and O–H groups in total. The summed E-state index contributed by atoms with van der Waals surface area (Å²) in [4.78, 5) is 25.0. The van der Waals surface area contributed by atoms with Crippen molar-refractivity contribution in [1.29, 1.82) is 0 Å². The van der Waals surface area contributed by atoms with Gasteiger partial charge in [0.05, 0.1) is 4.88 Å². The van der Waals surface area contributed by atoms with Crippen LogP contribution in [0.15, 0.2) is 11.4 Å². The number of rotatable bonds is 6. The van der Waals surface area contributed by atoms with Crippen LogP contribution in [0.25, 0.3) is 0 Å². The molecular formula is C12H17NO3S. The van der Waals surface area contributed by atoms with Gasteiger partial charge in [0.2, 0.25) is 0 Å². The molecule has 0 radical (unpaired) electrons. The average Bonchev–Trinajstić information content (AvgIpc) is 2.74. The minimum absolute atomic E-state index is 0.166. The van der Waals surface area contributed by atoms with Gasteiger partial charge in [0.15, 0.2) is 0 Å². The molecule has 0 atom stereocenters. The van der Waals surface area contributed by atoms with Crippen molar-refractivity contribution in [3.63, 3.8) is 0 Å². The minimum Gasteiger partial charge on any atom is -0.480 e. The number of hydrogen-bond donors (Lipinski definition) is 1. The number of carbonyl (C=O) groups excluding carboxylic acids is 1. The smallest absolute Gasteiger partial charge is 0.323 e. The first-order chi connectivity index (χ1) is 8.10.